The highest BCUT2D eigenvalue weighted by atomic mass is 79.9. The summed E-state index contributed by atoms with van der Waals surface area (Å²) in [6.07, 6.45) is 17.1. The number of allylic oxidation sites excluding steroid dienone is 1. The quantitative estimate of drug-likeness (QED) is 0.0233. The maximum atomic E-state index is 13.8. The Kier molecular flexibility index (Phi) is 35.8. The van der Waals surface area contributed by atoms with Gasteiger partial charge in [-0.15, -0.1) is 0 Å². The summed E-state index contributed by atoms with van der Waals surface area (Å²) in [5, 5.41) is 5.48. The number of ether oxygens (including phenoxy) is 2. The van der Waals surface area contributed by atoms with Gasteiger partial charge in [-0.2, -0.15) is 5.12 Å². The topological polar surface area (TPSA) is 150 Å². The highest BCUT2D eigenvalue weighted by Gasteiger charge is 2.50. The van der Waals surface area contributed by atoms with Crippen molar-refractivity contribution in [2.45, 2.75) is 178 Å². The zero-order valence-corrected chi connectivity index (χ0v) is 54.6. The number of ketones is 1. The van der Waals surface area contributed by atoms with Gasteiger partial charge in [0.1, 0.15) is 18.2 Å². The molecule has 13 nitrogen and oxygen atoms in total. The van der Waals surface area contributed by atoms with E-state index < -0.39 is 11.6 Å². The van der Waals surface area contributed by atoms with Crippen LogP contribution in [0.25, 0.3) is 5.70 Å². The first kappa shape index (κ1) is 73.9. The van der Waals surface area contributed by atoms with Crippen molar-refractivity contribution in [3.8, 4) is 5.75 Å². The molecule has 2 aliphatic heterocycles. The summed E-state index contributed by atoms with van der Waals surface area (Å²) < 4.78 is 37.9. The number of carbonyl (C=O) groups is 4. The summed E-state index contributed by atoms with van der Waals surface area (Å²) in [7, 11) is 4.21. The van der Waals surface area contributed by atoms with Crippen molar-refractivity contribution in [3.05, 3.63) is 105 Å². The van der Waals surface area contributed by atoms with E-state index in [1.54, 1.807) is 6.92 Å². The number of rotatable bonds is 26. The van der Waals surface area contributed by atoms with Gasteiger partial charge in [0, 0.05) is 47.4 Å². The van der Waals surface area contributed by atoms with Crippen LogP contribution in [0.1, 0.15) is 191 Å². The second kappa shape index (κ2) is 40.2. The standard InChI is InChI=1S/C37H56BrN3O2.C13H15FN2O2.C6H10FNO.C6H12.C4H10.CH3NO/c1-10-19-40-21-17-30(18-22-40)31-24-28(6)34(25-35(31)43-23-14-20-39(8)9)41(29(7)26(4)11-2)33-16-13-15-32(38)36(33)37(42)27(5)12-3;14-16-8-13(16)12-5-3-11(4-6-12)2-1-7-18-10-15-9-17;1-2-8-5(9)6(7)3-4-6;1-6-4-2-3-5-6;1-4(2)3;2-1-3/h13,15-16,24-27,30H,7,10-12,14,17-23H2,1-6,8-9H3;3-6,8-9H,1-2,7,10H2,(H,15,17);2-4H2,1H3,(H,8,9);6H,2-5H2,1H3;4H,1-3H3;1H,(H2,2,3). The molecule has 466 valence electrons. The van der Waals surface area contributed by atoms with E-state index >= 15 is 0 Å². The predicted octanol–water partition coefficient (Wildman–Crippen LogP) is 15.0. The third-order valence-electron chi connectivity index (χ3n) is 14.9. The van der Waals surface area contributed by atoms with Crippen molar-refractivity contribution >= 4 is 57.5 Å². The second-order valence-corrected chi connectivity index (χ2v) is 24.2. The van der Waals surface area contributed by atoms with E-state index in [-0.39, 0.29) is 30.8 Å². The van der Waals surface area contributed by atoms with Crippen LogP contribution in [-0.4, -0.2) is 112 Å². The molecule has 3 amide bonds. The van der Waals surface area contributed by atoms with Crippen molar-refractivity contribution in [2.75, 3.05) is 71.7 Å². The van der Waals surface area contributed by atoms with Crippen LogP contribution in [0.4, 0.5) is 20.2 Å². The average molecular weight is 1220 g/mol. The highest BCUT2D eigenvalue weighted by Crippen LogP contribution is 2.45. The number of hydrogen-bond acceptors (Lipinski definition) is 10. The Hall–Kier alpha value is -5.16. The normalized spacial score (nSPS) is 15.8. The van der Waals surface area contributed by atoms with Gasteiger partial charge in [-0.25, -0.2) is 4.39 Å². The van der Waals surface area contributed by atoms with Gasteiger partial charge in [-0.3, -0.25) is 19.2 Å². The Morgan fingerprint density at radius 1 is 0.904 bits per heavy atom. The molecule has 0 radical (unpaired) electrons. The minimum absolute atomic E-state index is 0.0752. The number of amides is 3. The van der Waals surface area contributed by atoms with Crippen LogP contribution in [0.3, 0.4) is 0 Å². The summed E-state index contributed by atoms with van der Waals surface area (Å²) in [5.74, 6) is 3.20. The van der Waals surface area contributed by atoms with Crippen molar-refractivity contribution < 1.29 is 37.5 Å². The average Bonchev–Trinajstić information content (AvgIpc) is 4.57. The van der Waals surface area contributed by atoms with Crippen LogP contribution in [0.5, 0.6) is 5.75 Å². The van der Waals surface area contributed by atoms with Gasteiger partial charge in [0.15, 0.2) is 11.5 Å². The summed E-state index contributed by atoms with van der Waals surface area (Å²) in [6, 6.07) is 18.5. The monoisotopic (exact) mass is 1220 g/mol. The van der Waals surface area contributed by atoms with E-state index in [2.05, 4.69) is 148 Å². The van der Waals surface area contributed by atoms with Crippen LogP contribution >= 0.6 is 15.9 Å². The Morgan fingerprint density at radius 3 is 2.00 bits per heavy atom. The van der Waals surface area contributed by atoms with Crippen LogP contribution in [0.15, 0.2) is 77.5 Å². The molecule has 2 unspecified atom stereocenters. The largest absolute Gasteiger partial charge is 0.493 e. The van der Waals surface area contributed by atoms with Crippen molar-refractivity contribution in [1.82, 2.24) is 25.6 Å². The number of primary amides is 1. The summed E-state index contributed by atoms with van der Waals surface area (Å²) in [5.41, 5.74) is 11.5. The number of nitrogens with two attached hydrogens (primary N) is 1. The number of benzene rings is 3. The van der Waals surface area contributed by atoms with E-state index in [0.29, 0.717) is 55.7 Å². The van der Waals surface area contributed by atoms with E-state index in [0.717, 1.165) is 115 Å². The molecular weight excluding hydrogens is 1120 g/mol. The van der Waals surface area contributed by atoms with Gasteiger partial charge in [0.2, 0.25) is 12.8 Å². The number of alkyl halides is 1. The first-order chi connectivity index (χ1) is 39.6. The fraction of sp³-hybridized carbons (Fsp3) is 0.612. The fourth-order valence-electron chi connectivity index (χ4n) is 9.45. The van der Waals surface area contributed by atoms with Gasteiger partial charge < -0.3 is 40.5 Å². The lowest BCUT2D eigenvalue weighted by atomic mass is 9.87. The molecule has 7 rings (SSSR count). The number of anilines is 2. The molecule has 3 aromatic rings. The Bertz CT molecular complexity index is 2400. The van der Waals surface area contributed by atoms with Gasteiger partial charge in [-0.1, -0.05) is 135 Å². The van der Waals surface area contributed by atoms with E-state index in [4.69, 9.17) is 14.3 Å². The van der Waals surface area contributed by atoms with E-state index in [1.165, 1.54) is 61.5 Å². The molecule has 3 fully saturated rings. The molecule has 2 aliphatic carbocycles. The number of likely N-dealkylation sites (tertiary alicyclic amines) is 1. The molecule has 3 aromatic carbocycles. The highest BCUT2D eigenvalue weighted by molar-refractivity contribution is 9.10. The minimum Gasteiger partial charge on any atom is -0.493 e. The number of piperidine rings is 1. The second-order valence-electron chi connectivity index (χ2n) is 23.3. The number of hydrogen-bond donors (Lipinski definition) is 3. The first-order valence-corrected chi connectivity index (χ1v) is 31.5. The number of nitrogens with one attached hydrogen (secondary N) is 2. The Labute approximate surface area is 508 Å². The lowest BCUT2D eigenvalue weighted by molar-refractivity contribution is -0.127. The summed E-state index contributed by atoms with van der Waals surface area (Å²) in [6.45, 7) is 34.7. The number of aryl methyl sites for hydroxylation is 2. The van der Waals surface area contributed by atoms with Gasteiger partial charge in [-0.05, 0) is 180 Å². The number of nitrogens with zero attached hydrogens (tertiary/aromatic N) is 4. The zero-order valence-electron chi connectivity index (χ0n) is 53.0. The van der Waals surface area contributed by atoms with Crippen molar-refractivity contribution in [2.24, 2.45) is 29.4 Å². The lowest BCUT2D eigenvalue weighted by Gasteiger charge is -2.36. The number of halogens is 3. The molecule has 2 saturated carbocycles. The molecular formula is C67H106BrF2N7O6. The molecule has 4 N–H and O–H groups in total. The molecule has 2 heterocycles. The summed E-state index contributed by atoms with van der Waals surface area (Å²) in [4.78, 5) is 50.0. The van der Waals surface area contributed by atoms with Gasteiger partial charge in [0.05, 0.1) is 29.7 Å². The molecule has 4 aliphatic rings. The fourth-order valence-corrected chi connectivity index (χ4v) is 10.0. The van der Waals surface area contributed by atoms with Crippen LogP contribution in [0.2, 0.25) is 0 Å². The lowest BCUT2D eigenvalue weighted by Crippen LogP contribution is -2.33. The van der Waals surface area contributed by atoms with Crippen LogP contribution < -0.4 is 26.0 Å². The number of carbonyl (C=O) groups excluding carboxylic acids is 4. The third kappa shape index (κ3) is 27.2. The molecule has 16 heteroatoms. The van der Waals surface area contributed by atoms with Gasteiger partial charge in [0.25, 0.3) is 5.91 Å². The zero-order chi connectivity index (χ0) is 62.1. The maximum Gasteiger partial charge on any atom is 0.257 e. The molecule has 0 bridgehead atoms. The molecule has 1 saturated heterocycles. The smallest absolute Gasteiger partial charge is 0.257 e. The predicted molar refractivity (Wildman–Crippen MR) is 343 cm³/mol. The summed E-state index contributed by atoms with van der Waals surface area (Å²) >= 11 is 3.75. The minimum atomic E-state index is -1.49. The SMILES string of the molecule is C=C(C(C)CC)N(c1cc(OCCCN(C)C)c(C2CCN(CCC)CC2)cc1C)c1cccc(Br)c1C(=O)C(C)CC.CC(C)C.CC1CCCC1.CCNC(=O)C1(F)CC1.NC=O.O=CNCOCCCc1ccc(C2=CN2F)cc1. The Morgan fingerprint density at radius 2 is 1.51 bits per heavy atom. The van der Waals surface area contributed by atoms with Crippen molar-refractivity contribution in [1.29, 1.82) is 0 Å². The van der Waals surface area contributed by atoms with Crippen molar-refractivity contribution in [3.63, 3.8) is 0 Å². The third-order valence-corrected chi connectivity index (χ3v) is 15.6. The van der Waals surface area contributed by atoms with E-state index in [9.17, 15) is 23.3 Å². The Balaban J connectivity index is 0.000000470. The van der Waals surface area contributed by atoms with Crippen LogP contribution in [0, 0.1) is 30.6 Å². The molecule has 83 heavy (non-hydrogen) atoms. The number of Topliss-reactive ketones (excluding diaryl/α,β-unsaturated/α-hetero) is 1. The van der Waals surface area contributed by atoms with Crippen LogP contribution in [-0.2, 0) is 25.5 Å². The molecule has 0 aromatic heterocycles. The molecule has 2 atom stereocenters. The molecule has 0 spiro atoms. The first-order valence-electron chi connectivity index (χ1n) is 30.7. The maximum absolute atomic E-state index is 13.8. The van der Waals surface area contributed by atoms with E-state index in [1.807, 2.05) is 43.3 Å². The van der Waals surface area contributed by atoms with Gasteiger partial charge >= 0.3 is 0 Å².